The first kappa shape index (κ1) is 17.0. The summed E-state index contributed by atoms with van der Waals surface area (Å²) >= 11 is 0. The molecule has 1 saturated heterocycles. The van der Waals surface area contributed by atoms with Crippen molar-refractivity contribution >= 4 is 11.8 Å². The van der Waals surface area contributed by atoms with Gasteiger partial charge in [-0.05, 0) is 61.8 Å². The molecule has 0 aromatic heterocycles. The van der Waals surface area contributed by atoms with Gasteiger partial charge in [-0.25, -0.2) is 0 Å². The SMILES string of the molecule is NC(=O)CN1CCCC(C(=O)NCc2ccc3c(c2)CCCC3)C1. The van der Waals surface area contributed by atoms with Gasteiger partial charge in [0, 0.05) is 13.1 Å². The number of hydrogen-bond donors (Lipinski definition) is 2. The van der Waals surface area contributed by atoms with Crippen LogP contribution in [0.1, 0.15) is 42.4 Å². The van der Waals surface area contributed by atoms with Crippen LogP contribution in [-0.2, 0) is 29.0 Å². The molecule has 0 bridgehead atoms. The van der Waals surface area contributed by atoms with Crippen LogP contribution in [0.4, 0.5) is 0 Å². The van der Waals surface area contributed by atoms with E-state index in [0.29, 0.717) is 13.1 Å². The van der Waals surface area contributed by atoms with Crippen molar-refractivity contribution in [3.8, 4) is 0 Å². The van der Waals surface area contributed by atoms with Crippen molar-refractivity contribution in [2.24, 2.45) is 11.7 Å². The standard InChI is InChI=1S/C19H27N3O2/c20-18(23)13-22-9-3-6-17(12-22)19(24)21-11-14-7-8-15-4-1-2-5-16(15)10-14/h7-8,10,17H,1-6,9,11-13H2,(H2,20,23)(H,21,24). The van der Waals surface area contributed by atoms with Crippen molar-refractivity contribution in [1.82, 2.24) is 10.2 Å². The lowest BCUT2D eigenvalue weighted by Gasteiger charge is -2.31. The van der Waals surface area contributed by atoms with Crippen molar-refractivity contribution < 1.29 is 9.59 Å². The Bertz CT molecular complexity index is 615. The summed E-state index contributed by atoms with van der Waals surface area (Å²) in [4.78, 5) is 25.5. The summed E-state index contributed by atoms with van der Waals surface area (Å²) in [6.45, 7) is 2.30. The van der Waals surface area contributed by atoms with E-state index in [1.165, 1.54) is 36.0 Å². The van der Waals surface area contributed by atoms with Gasteiger partial charge in [-0.3, -0.25) is 14.5 Å². The highest BCUT2D eigenvalue weighted by atomic mass is 16.2. The Balaban J connectivity index is 1.52. The fourth-order valence-corrected chi connectivity index (χ4v) is 3.86. The average Bonchev–Trinajstić information content (AvgIpc) is 2.59. The van der Waals surface area contributed by atoms with Crippen LogP contribution >= 0.6 is 0 Å². The minimum absolute atomic E-state index is 0.0456. The second-order valence-electron chi connectivity index (χ2n) is 7.07. The Labute approximate surface area is 143 Å². The molecule has 1 aliphatic heterocycles. The number of nitrogens with zero attached hydrogens (tertiary/aromatic N) is 1. The summed E-state index contributed by atoms with van der Waals surface area (Å²) in [7, 11) is 0. The summed E-state index contributed by atoms with van der Waals surface area (Å²) in [5.41, 5.74) is 9.34. The third-order valence-electron chi connectivity index (χ3n) is 5.14. The highest BCUT2D eigenvalue weighted by Crippen LogP contribution is 2.22. The maximum atomic E-state index is 12.4. The summed E-state index contributed by atoms with van der Waals surface area (Å²) < 4.78 is 0. The zero-order valence-electron chi connectivity index (χ0n) is 14.2. The molecule has 1 atom stereocenters. The molecule has 1 unspecified atom stereocenters. The van der Waals surface area contributed by atoms with Crippen molar-refractivity contribution in [3.63, 3.8) is 0 Å². The number of nitrogens with two attached hydrogens (primary N) is 1. The molecule has 1 aromatic rings. The summed E-state index contributed by atoms with van der Waals surface area (Å²) in [5.74, 6) is -0.289. The Morgan fingerprint density at radius 2 is 1.96 bits per heavy atom. The lowest BCUT2D eigenvalue weighted by Crippen LogP contribution is -2.45. The number of fused-ring (bicyclic) bond motifs is 1. The minimum Gasteiger partial charge on any atom is -0.369 e. The second-order valence-corrected chi connectivity index (χ2v) is 7.07. The van der Waals surface area contributed by atoms with Gasteiger partial charge in [-0.15, -0.1) is 0 Å². The van der Waals surface area contributed by atoms with Gasteiger partial charge in [0.1, 0.15) is 0 Å². The number of piperidine rings is 1. The maximum absolute atomic E-state index is 12.4. The van der Waals surface area contributed by atoms with Gasteiger partial charge in [0.05, 0.1) is 12.5 Å². The molecule has 0 radical (unpaired) electrons. The van der Waals surface area contributed by atoms with Crippen molar-refractivity contribution in [2.75, 3.05) is 19.6 Å². The third-order valence-corrected chi connectivity index (χ3v) is 5.14. The lowest BCUT2D eigenvalue weighted by molar-refractivity contribution is -0.128. The number of carbonyl (C=O) groups excluding carboxylic acids is 2. The average molecular weight is 329 g/mol. The van der Waals surface area contributed by atoms with E-state index >= 15 is 0 Å². The molecule has 0 spiro atoms. The molecule has 5 heteroatoms. The first-order valence-corrected chi connectivity index (χ1v) is 9.01. The fourth-order valence-electron chi connectivity index (χ4n) is 3.86. The molecule has 0 saturated carbocycles. The van der Waals surface area contributed by atoms with Gasteiger partial charge in [-0.2, -0.15) is 0 Å². The number of likely N-dealkylation sites (tertiary alicyclic amines) is 1. The van der Waals surface area contributed by atoms with Crippen LogP contribution in [0, 0.1) is 5.92 Å². The van der Waals surface area contributed by atoms with Crippen molar-refractivity contribution in [2.45, 2.75) is 45.1 Å². The number of carbonyl (C=O) groups is 2. The summed E-state index contributed by atoms with van der Waals surface area (Å²) in [6, 6.07) is 6.59. The predicted octanol–water partition coefficient (Wildman–Crippen LogP) is 1.38. The van der Waals surface area contributed by atoms with E-state index in [-0.39, 0.29) is 24.3 Å². The van der Waals surface area contributed by atoms with Crippen molar-refractivity contribution in [3.05, 3.63) is 34.9 Å². The molecule has 3 N–H and O–H groups in total. The van der Waals surface area contributed by atoms with Crippen LogP contribution in [0.15, 0.2) is 18.2 Å². The Morgan fingerprint density at radius 3 is 2.75 bits per heavy atom. The topological polar surface area (TPSA) is 75.4 Å². The van der Waals surface area contributed by atoms with Crippen LogP contribution < -0.4 is 11.1 Å². The second kappa shape index (κ2) is 7.79. The maximum Gasteiger partial charge on any atom is 0.231 e. The number of aryl methyl sites for hydroxylation is 2. The highest BCUT2D eigenvalue weighted by molar-refractivity contribution is 5.79. The van der Waals surface area contributed by atoms with E-state index in [1.807, 2.05) is 4.90 Å². The van der Waals surface area contributed by atoms with Crippen LogP contribution in [0.2, 0.25) is 0 Å². The van der Waals surface area contributed by atoms with E-state index in [2.05, 4.69) is 23.5 Å². The Kier molecular flexibility index (Phi) is 5.51. The van der Waals surface area contributed by atoms with Crippen molar-refractivity contribution in [1.29, 1.82) is 0 Å². The van der Waals surface area contributed by atoms with Crippen LogP contribution in [0.5, 0.6) is 0 Å². The molecule has 2 amide bonds. The van der Waals surface area contributed by atoms with Gasteiger partial charge in [-0.1, -0.05) is 18.2 Å². The van der Waals surface area contributed by atoms with Gasteiger partial charge in [0.2, 0.25) is 11.8 Å². The normalized spacial score (nSPS) is 21.1. The number of nitrogens with one attached hydrogen (secondary N) is 1. The van der Waals surface area contributed by atoms with Crippen LogP contribution in [-0.4, -0.2) is 36.3 Å². The molecule has 1 aromatic carbocycles. The molecule has 1 fully saturated rings. The largest absolute Gasteiger partial charge is 0.369 e. The monoisotopic (exact) mass is 329 g/mol. The van der Waals surface area contributed by atoms with E-state index < -0.39 is 0 Å². The van der Waals surface area contributed by atoms with E-state index in [9.17, 15) is 9.59 Å². The zero-order chi connectivity index (χ0) is 16.9. The van der Waals surface area contributed by atoms with E-state index in [0.717, 1.165) is 25.8 Å². The first-order chi connectivity index (χ1) is 11.6. The Hall–Kier alpha value is -1.88. The first-order valence-electron chi connectivity index (χ1n) is 9.01. The van der Waals surface area contributed by atoms with Gasteiger partial charge in [0.15, 0.2) is 0 Å². The van der Waals surface area contributed by atoms with E-state index in [1.54, 1.807) is 0 Å². The number of amides is 2. The Morgan fingerprint density at radius 1 is 1.17 bits per heavy atom. The number of primary amides is 1. The van der Waals surface area contributed by atoms with Crippen LogP contribution in [0.3, 0.4) is 0 Å². The smallest absolute Gasteiger partial charge is 0.231 e. The lowest BCUT2D eigenvalue weighted by atomic mass is 9.90. The number of benzene rings is 1. The molecule has 1 aliphatic carbocycles. The number of hydrogen-bond acceptors (Lipinski definition) is 3. The van der Waals surface area contributed by atoms with Gasteiger partial charge in [0.25, 0.3) is 0 Å². The quantitative estimate of drug-likeness (QED) is 0.857. The summed E-state index contributed by atoms with van der Waals surface area (Å²) in [5, 5.41) is 3.07. The molecule has 3 rings (SSSR count). The van der Waals surface area contributed by atoms with E-state index in [4.69, 9.17) is 5.73 Å². The van der Waals surface area contributed by atoms with Gasteiger partial charge >= 0.3 is 0 Å². The molecule has 5 nitrogen and oxygen atoms in total. The highest BCUT2D eigenvalue weighted by Gasteiger charge is 2.26. The molecular formula is C19H27N3O2. The predicted molar refractivity (Wildman–Crippen MR) is 93.3 cm³/mol. The van der Waals surface area contributed by atoms with Gasteiger partial charge < -0.3 is 11.1 Å². The third kappa shape index (κ3) is 4.35. The minimum atomic E-state index is -0.329. The molecule has 24 heavy (non-hydrogen) atoms. The molecule has 2 aliphatic rings. The molecule has 1 heterocycles. The fraction of sp³-hybridized carbons (Fsp3) is 0.579. The summed E-state index contributed by atoms with van der Waals surface area (Å²) in [6.07, 6.45) is 6.70. The van der Waals surface area contributed by atoms with Crippen LogP contribution in [0.25, 0.3) is 0 Å². The number of rotatable bonds is 5. The molecule has 130 valence electrons. The zero-order valence-corrected chi connectivity index (χ0v) is 14.2. The molecular weight excluding hydrogens is 302 g/mol.